The van der Waals surface area contributed by atoms with Crippen LogP contribution >= 0.6 is 0 Å². The molecule has 0 radical (unpaired) electrons. The number of benzene rings is 12. The molecule has 0 aliphatic carbocycles. The van der Waals surface area contributed by atoms with Crippen molar-refractivity contribution in [2.24, 2.45) is 0 Å². The lowest BCUT2D eigenvalue weighted by molar-refractivity contribution is 0.590. The molecular formula is C108H94N16. The van der Waals surface area contributed by atoms with Crippen molar-refractivity contribution >= 4 is 110 Å². The molecule has 4 N–H and O–H groups in total. The maximum Gasteiger partial charge on any atom is 0.164 e. The number of hydrogen-bond donors (Lipinski definition) is 4. The summed E-state index contributed by atoms with van der Waals surface area (Å²) in [5.41, 5.74) is 24.2. The molecule has 16 heteroatoms. The Labute approximate surface area is 718 Å². The first-order valence-electron chi connectivity index (χ1n) is 43.0. The first-order valence-corrected chi connectivity index (χ1v) is 43.0. The van der Waals surface area contributed by atoms with Gasteiger partial charge in [0, 0.05) is 87.6 Å². The number of aromatic nitrogens is 16. The van der Waals surface area contributed by atoms with E-state index in [-0.39, 0.29) is 32.5 Å². The van der Waals surface area contributed by atoms with E-state index >= 15 is 0 Å². The van der Waals surface area contributed by atoms with E-state index in [4.69, 9.17) is 59.8 Å². The van der Waals surface area contributed by atoms with Crippen LogP contribution in [-0.2, 0) is 32.5 Å². The fourth-order valence-corrected chi connectivity index (χ4v) is 18.3. The molecule has 0 spiro atoms. The Morgan fingerprint density at radius 2 is 0.387 bits per heavy atom. The highest BCUT2D eigenvalue weighted by Crippen LogP contribution is 2.50. The SMILES string of the molecule is CC(C)(C)c1ccc2c(c1)-c1nc-2nc2[nH]c(nc3nc(nc4[nH]c(n1)c1ccc(-c5ccc6ccccc6c5-c5c(-c6ccc7c8nc9nc(nc%10[nH]c(nc%11nc(nc([nH]8)c7c6)-c6ccc(C(C)(C)C)cc6-%11)c6ccc(C(C)(C)C)cc%106)-c6ccc(C(C)(C)C)cc6-9)ccc6ccccc56)cc41)-c1ccc(C(C)(C)C)cc1-3)c1ccc(C(C)(C)C)cc21. The van der Waals surface area contributed by atoms with Crippen LogP contribution in [0.25, 0.3) is 234 Å². The van der Waals surface area contributed by atoms with E-state index in [9.17, 15) is 0 Å². The highest BCUT2D eigenvalue weighted by atomic mass is 15.1. The van der Waals surface area contributed by atoms with Gasteiger partial charge in [0.25, 0.3) is 0 Å². The van der Waals surface area contributed by atoms with Gasteiger partial charge in [-0.15, -0.1) is 0 Å². The normalized spacial score (nSPS) is 13.1. The minimum absolute atomic E-state index is 0.141. The lowest BCUT2D eigenvalue weighted by Crippen LogP contribution is -2.10. The topological polar surface area (TPSA) is 218 Å². The van der Waals surface area contributed by atoms with E-state index in [1.807, 2.05) is 0 Å². The van der Waals surface area contributed by atoms with E-state index in [1.54, 1.807) is 0 Å². The van der Waals surface area contributed by atoms with Gasteiger partial charge in [-0.2, -0.15) is 0 Å². The third kappa shape index (κ3) is 12.5. The molecule has 0 fully saturated rings. The van der Waals surface area contributed by atoms with Gasteiger partial charge in [0.15, 0.2) is 46.6 Å². The molecule has 16 nitrogen and oxygen atoms in total. The van der Waals surface area contributed by atoms with Crippen molar-refractivity contribution in [1.29, 1.82) is 0 Å². The molecule has 124 heavy (non-hydrogen) atoms. The molecule has 16 bridgehead atoms. The van der Waals surface area contributed by atoms with Gasteiger partial charge in [0.05, 0.1) is 0 Å². The Kier molecular flexibility index (Phi) is 16.4. The number of fused-ring (bicyclic) bond motifs is 42. The van der Waals surface area contributed by atoms with Crippen molar-refractivity contribution < 1.29 is 0 Å². The summed E-state index contributed by atoms with van der Waals surface area (Å²) in [5.74, 6) is 4.33. The minimum atomic E-state index is -0.178. The molecule has 0 amide bonds. The average Bonchev–Trinajstić information content (AvgIpc) is 1.69. The summed E-state index contributed by atoms with van der Waals surface area (Å²) in [6, 6.07) is 79.6. The smallest absolute Gasteiger partial charge is 0.164 e. The van der Waals surface area contributed by atoms with Crippen LogP contribution in [-0.4, -0.2) is 79.7 Å². The molecule has 18 aromatic rings. The summed E-state index contributed by atoms with van der Waals surface area (Å²) in [4.78, 5) is 81.6. The lowest BCUT2D eigenvalue weighted by atomic mass is 9.83. The van der Waals surface area contributed by atoms with E-state index in [1.165, 1.54) is 11.1 Å². The molecule has 0 unspecified atom stereocenters. The molecule has 10 heterocycles. The Morgan fingerprint density at radius 1 is 0.169 bits per heavy atom. The average molecular weight is 1620 g/mol. The highest BCUT2D eigenvalue weighted by Gasteiger charge is 2.32. The number of H-pyrrole nitrogens is 4. The van der Waals surface area contributed by atoms with E-state index in [2.05, 4.69) is 363 Å². The fourth-order valence-electron chi connectivity index (χ4n) is 18.3. The quantitative estimate of drug-likeness (QED) is 0.130. The van der Waals surface area contributed by atoms with Crippen molar-refractivity contribution in [3.05, 3.63) is 252 Å². The van der Waals surface area contributed by atoms with Gasteiger partial charge in [-0.1, -0.05) is 282 Å². The number of nitrogens with one attached hydrogen (secondary N) is 4. The monoisotopic (exact) mass is 1610 g/mol. The van der Waals surface area contributed by atoms with Crippen LogP contribution in [0.3, 0.4) is 0 Å². The number of nitrogens with zero attached hydrogens (tertiary/aromatic N) is 12. The van der Waals surface area contributed by atoms with E-state index in [0.717, 1.165) is 165 Å². The van der Waals surface area contributed by atoms with Gasteiger partial charge in [0.2, 0.25) is 0 Å². The second-order valence-electron chi connectivity index (χ2n) is 40.2. The maximum atomic E-state index is 5.69. The van der Waals surface area contributed by atoms with Crippen molar-refractivity contribution in [3.63, 3.8) is 0 Å². The fraction of sp³-hybridized carbons (Fsp3) is 0.222. The van der Waals surface area contributed by atoms with Crippen LogP contribution in [0.4, 0.5) is 0 Å². The summed E-state index contributed by atoms with van der Waals surface area (Å²) >= 11 is 0. The summed E-state index contributed by atoms with van der Waals surface area (Å²) in [6.07, 6.45) is 0. The molecule has 0 atom stereocenters. The van der Waals surface area contributed by atoms with E-state index < -0.39 is 0 Å². The summed E-state index contributed by atoms with van der Waals surface area (Å²) < 4.78 is 0. The van der Waals surface area contributed by atoms with Gasteiger partial charge in [-0.25, -0.2) is 59.8 Å². The Bertz CT molecular complexity index is 7610. The van der Waals surface area contributed by atoms with Gasteiger partial charge >= 0.3 is 0 Å². The van der Waals surface area contributed by atoms with Crippen molar-refractivity contribution in [3.8, 4) is 124 Å². The molecule has 4 aliphatic rings. The summed E-state index contributed by atoms with van der Waals surface area (Å²) in [7, 11) is 0. The molecule has 606 valence electrons. The van der Waals surface area contributed by atoms with Crippen LogP contribution in [0.2, 0.25) is 0 Å². The van der Waals surface area contributed by atoms with Crippen LogP contribution in [0.5, 0.6) is 0 Å². The maximum absolute atomic E-state index is 5.69. The summed E-state index contributed by atoms with van der Waals surface area (Å²) in [5, 5.41) is 11.5. The van der Waals surface area contributed by atoms with Gasteiger partial charge < -0.3 is 19.9 Å². The first kappa shape index (κ1) is 76.0. The Morgan fingerprint density at radius 3 is 0.661 bits per heavy atom. The molecule has 12 aromatic carbocycles. The van der Waals surface area contributed by atoms with Crippen LogP contribution in [0.1, 0.15) is 158 Å². The number of aromatic amines is 4. The molecule has 0 saturated heterocycles. The molecular weight excluding hydrogens is 1520 g/mol. The molecule has 22 rings (SSSR count). The molecule has 4 aliphatic heterocycles. The highest BCUT2D eigenvalue weighted by molar-refractivity contribution is 6.18. The zero-order valence-corrected chi connectivity index (χ0v) is 73.2. The predicted octanol–water partition coefficient (Wildman–Crippen LogP) is 27.1. The van der Waals surface area contributed by atoms with Gasteiger partial charge in [-0.05, 0) is 181 Å². The Hall–Kier alpha value is -14.1. The van der Waals surface area contributed by atoms with Crippen LogP contribution in [0, 0.1) is 0 Å². The van der Waals surface area contributed by atoms with Crippen LogP contribution in [0.15, 0.2) is 218 Å². The second-order valence-corrected chi connectivity index (χ2v) is 40.2. The third-order valence-electron chi connectivity index (χ3n) is 25.6. The van der Waals surface area contributed by atoms with E-state index in [0.29, 0.717) is 91.8 Å². The number of hydrogen-bond acceptors (Lipinski definition) is 12. The Balaban J connectivity index is 0.792. The van der Waals surface area contributed by atoms with Crippen LogP contribution < -0.4 is 0 Å². The predicted molar refractivity (Wildman–Crippen MR) is 509 cm³/mol. The molecule has 0 saturated carbocycles. The number of rotatable bonds is 3. The standard InChI is InChI=1S/C108H94N16/c1-103(2,3)59-31-41-71-79(49-59)99-115-89(71)111-95-77-47-57(29-39-69(77)87(109-95)113-97-81-51-61(105(7,8)9)33-43-73(81)91(117-97)121-101-83-53-63(107(13,14)15)35-45-75(83)93(119-99)123-101)67-37-27-55-23-19-21-25-65(55)85(67)86-66-26-22-20-24-56(66)28-38-68(86)58-30-40-70-78(48-58)96-110-88(70)114-98-82-52-62(106(10,11)12)34-44-74(82)92(118-98)122-102-84-54-64(108(16,17)18)36-46-76(84)94(124-102)120-100-80-50-60(104(4,5)6)32-42-72(80)90(112-96)116-100/h19-54H,1-18H3,(H2,109,111,113,115,117,119,121,123)(H2,110,112,114,116,118,120,122,124). The largest absolute Gasteiger partial charge is 0.324 e. The minimum Gasteiger partial charge on any atom is -0.324 e. The van der Waals surface area contributed by atoms with Crippen molar-refractivity contribution in [2.45, 2.75) is 157 Å². The summed E-state index contributed by atoms with van der Waals surface area (Å²) in [6.45, 7) is 40.3. The lowest BCUT2D eigenvalue weighted by Gasteiger charge is -2.20. The second kappa shape index (κ2) is 26.7. The molecule has 6 aromatic heterocycles. The third-order valence-corrected chi connectivity index (χ3v) is 25.6. The van der Waals surface area contributed by atoms with Crippen molar-refractivity contribution in [1.82, 2.24) is 79.7 Å². The first-order chi connectivity index (χ1) is 59.1. The van der Waals surface area contributed by atoms with Gasteiger partial charge in [-0.3, -0.25) is 0 Å². The van der Waals surface area contributed by atoms with Crippen molar-refractivity contribution in [2.75, 3.05) is 0 Å². The van der Waals surface area contributed by atoms with Gasteiger partial charge in [0.1, 0.15) is 45.2 Å². The zero-order chi connectivity index (χ0) is 85.5. The zero-order valence-electron chi connectivity index (χ0n) is 73.2.